The van der Waals surface area contributed by atoms with Gasteiger partial charge in [-0.15, -0.1) is 0 Å². The van der Waals surface area contributed by atoms with Gasteiger partial charge in [0.25, 0.3) is 5.56 Å². The lowest BCUT2D eigenvalue weighted by molar-refractivity contribution is -0.234. The Balaban J connectivity index is 1.63. The summed E-state index contributed by atoms with van der Waals surface area (Å²) in [5, 5.41) is 0. The van der Waals surface area contributed by atoms with Crippen molar-refractivity contribution in [2.75, 3.05) is 5.73 Å². The van der Waals surface area contributed by atoms with Crippen LogP contribution in [0.5, 0.6) is 0 Å². The summed E-state index contributed by atoms with van der Waals surface area (Å²) in [4.78, 5) is 23.3. The Hall–Kier alpha value is -1.97. The van der Waals surface area contributed by atoms with Crippen LogP contribution < -0.4 is 11.3 Å². The lowest BCUT2D eigenvalue weighted by atomic mass is 9.75. The van der Waals surface area contributed by atoms with E-state index in [1.54, 1.807) is 10.9 Å². The molecule has 164 valence electrons. The SMILES string of the molecule is CC(C)(C)C[C@]12O[C@@H](n3cnc4c(=O)[nH]c(N)nc43)[C@@H](OC13CC3)C2OC(C)(C)C. The van der Waals surface area contributed by atoms with Gasteiger partial charge in [-0.2, -0.15) is 4.98 Å². The number of nitrogens with zero attached hydrogens (tertiary/aromatic N) is 3. The third kappa shape index (κ3) is 2.82. The first-order valence-electron chi connectivity index (χ1n) is 10.6. The molecule has 1 unspecified atom stereocenters. The molecule has 2 aromatic rings. The van der Waals surface area contributed by atoms with Gasteiger partial charge in [-0.05, 0) is 45.4 Å². The third-order valence-corrected chi connectivity index (χ3v) is 6.21. The van der Waals surface area contributed by atoms with Crippen molar-refractivity contribution >= 4 is 17.1 Å². The largest absolute Gasteiger partial charge is 0.369 e. The van der Waals surface area contributed by atoms with E-state index in [9.17, 15) is 4.79 Å². The number of ether oxygens (including phenoxy) is 3. The van der Waals surface area contributed by atoms with Gasteiger partial charge in [0.2, 0.25) is 5.95 Å². The molecule has 2 aliphatic heterocycles. The lowest BCUT2D eigenvalue weighted by Crippen LogP contribution is -2.53. The second kappa shape index (κ2) is 5.83. The van der Waals surface area contributed by atoms with Crippen molar-refractivity contribution in [2.24, 2.45) is 5.41 Å². The minimum Gasteiger partial charge on any atom is -0.369 e. The lowest BCUT2D eigenvalue weighted by Gasteiger charge is -2.43. The molecular formula is C21H31N5O4. The van der Waals surface area contributed by atoms with Crippen molar-refractivity contribution in [1.82, 2.24) is 19.5 Å². The molecule has 2 aromatic heterocycles. The highest BCUT2D eigenvalue weighted by Crippen LogP contribution is 2.68. The Labute approximate surface area is 175 Å². The van der Waals surface area contributed by atoms with E-state index in [1.807, 2.05) is 0 Å². The van der Waals surface area contributed by atoms with Gasteiger partial charge in [0.1, 0.15) is 23.4 Å². The van der Waals surface area contributed by atoms with Gasteiger partial charge >= 0.3 is 0 Å². The number of nitrogens with one attached hydrogen (secondary N) is 1. The molecule has 0 amide bonds. The zero-order valence-corrected chi connectivity index (χ0v) is 18.5. The average molecular weight is 418 g/mol. The molecule has 0 aromatic carbocycles. The Morgan fingerprint density at radius 1 is 1.27 bits per heavy atom. The van der Waals surface area contributed by atoms with Crippen LogP contribution in [0.15, 0.2) is 11.1 Å². The summed E-state index contributed by atoms with van der Waals surface area (Å²) >= 11 is 0. The molecule has 9 heteroatoms. The van der Waals surface area contributed by atoms with Gasteiger partial charge in [-0.25, -0.2) is 4.98 Å². The minimum atomic E-state index is -0.572. The Bertz CT molecular complexity index is 1060. The van der Waals surface area contributed by atoms with Crippen LogP contribution in [-0.4, -0.2) is 48.5 Å². The predicted molar refractivity (Wildman–Crippen MR) is 111 cm³/mol. The standard InChI is InChI=1S/C21H31N5O4/c1-18(2,3)9-21-13(29-19(4,5)6)12(28-20(21)7-8-20)16(30-21)26-10-23-11-14(26)24-17(22)25-15(11)27/h10,12-13,16H,7-9H2,1-6H3,(H3,22,24,25,27)/t12-,13?,16+,21+/m0/s1. The summed E-state index contributed by atoms with van der Waals surface area (Å²) in [7, 11) is 0. The van der Waals surface area contributed by atoms with E-state index in [2.05, 4.69) is 56.5 Å². The zero-order chi connectivity index (χ0) is 21.7. The smallest absolute Gasteiger partial charge is 0.280 e. The third-order valence-electron chi connectivity index (χ3n) is 6.21. The molecule has 3 fully saturated rings. The molecule has 4 heterocycles. The summed E-state index contributed by atoms with van der Waals surface area (Å²) in [6, 6.07) is 0. The normalized spacial score (nSPS) is 32.4. The van der Waals surface area contributed by atoms with Crippen molar-refractivity contribution < 1.29 is 14.2 Å². The van der Waals surface area contributed by atoms with Gasteiger partial charge in [0.15, 0.2) is 17.4 Å². The van der Waals surface area contributed by atoms with Crippen LogP contribution in [0.2, 0.25) is 0 Å². The number of nitrogens with two attached hydrogens (primary N) is 1. The van der Waals surface area contributed by atoms with Crippen LogP contribution >= 0.6 is 0 Å². The van der Waals surface area contributed by atoms with E-state index in [0.29, 0.717) is 5.65 Å². The van der Waals surface area contributed by atoms with Crippen LogP contribution in [0, 0.1) is 5.41 Å². The number of H-pyrrole nitrogens is 1. The highest BCUT2D eigenvalue weighted by atomic mass is 16.7. The predicted octanol–water partition coefficient (Wildman–Crippen LogP) is 2.52. The molecule has 3 N–H and O–H groups in total. The highest BCUT2D eigenvalue weighted by molar-refractivity contribution is 5.70. The molecule has 1 spiro atoms. The van der Waals surface area contributed by atoms with Crippen molar-refractivity contribution in [2.45, 2.75) is 96.0 Å². The summed E-state index contributed by atoms with van der Waals surface area (Å²) in [5.74, 6) is 0.0453. The molecule has 1 saturated carbocycles. The first-order chi connectivity index (χ1) is 13.8. The van der Waals surface area contributed by atoms with Gasteiger partial charge in [0, 0.05) is 0 Å². The molecule has 30 heavy (non-hydrogen) atoms. The first kappa shape index (κ1) is 20.0. The van der Waals surface area contributed by atoms with Crippen LogP contribution in [0.4, 0.5) is 5.95 Å². The topological polar surface area (TPSA) is 117 Å². The molecule has 0 radical (unpaired) electrons. The molecule has 2 bridgehead atoms. The monoisotopic (exact) mass is 417 g/mol. The Morgan fingerprint density at radius 2 is 1.97 bits per heavy atom. The van der Waals surface area contributed by atoms with E-state index in [1.165, 1.54) is 0 Å². The maximum atomic E-state index is 12.3. The Kier molecular flexibility index (Phi) is 3.88. The number of aromatic amines is 1. The van der Waals surface area contributed by atoms with E-state index in [4.69, 9.17) is 19.9 Å². The maximum absolute atomic E-state index is 12.3. The number of fused-ring (bicyclic) bond motifs is 4. The van der Waals surface area contributed by atoms with Crippen molar-refractivity contribution in [3.05, 3.63) is 16.7 Å². The molecule has 5 rings (SSSR count). The summed E-state index contributed by atoms with van der Waals surface area (Å²) < 4.78 is 21.9. The van der Waals surface area contributed by atoms with Crippen molar-refractivity contribution in [1.29, 1.82) is 0 Å². The van der Waals surface area contributed by atoms with E-state index in [0.717, 1.165) is 19.3 Å². The number of nitrogen functional groups attached to an aromatic ring is 1. The summed E-state index contributed by atoms with van der Waals surface area (Å²) in [6.07, 6.45) is 3.26. The minimum absolute atomic E-state index is 0.0130. The fourth-order valence-corrected chi connectivity index (χ4v) is 5.24. The van der Waals surface area contributed by atoms with Gasteiger partial charge in [-0.3, -0.25) is 14.3 Å². The molecule has 1 aliphatic carbocycles. The second-order valence-electron chi connectivity index (χ2n) is 11.1. The van der Waals surface area contributed by atoms with Crippen molar-refractivity contribution in [3.8, 4) is 0 Å². The van der Waals surface area contributed by atoms with Crippen LogP contribution in [-0.2, 0) is 14.2 Å². The van der Waals surface area contributed by atoms with E-state index < -0.39 is 11.8 Å². The number of anilines is 1. The van der Waals surface area contributed by atoms with Crippen LogP contribution in [0.1, 0.15) is 67.0 Å². The van der Waals surface area contributed by atoms with Crippen LogP contribution in [0.3, 0.4) is 0 Å². The molecule has 2 saturated heterocycles. The first-order valence-corrected chi connectivity index (χ1v) is 10.6. The molecular weight excluding hydrogens is 386 g/mol. The second-order valence-corrected chi connectivity index (χ2v) is 11.1. The van der Waals surface area contributed by atoms with Gasteiger partial charge < -0.3 is 19.9 Å². The zero-order valence-electron chi connectivity index (χ0n) is 18.5. The highest BCUT2D eigenvalue weighted by Gasteiger charge is 2.79. The molecule has 3 aliphatic rings. The summed E-state index contributed by atoms with van der Waals surface area (Å²) in [6.45, 7) is 12.8. The number of rotatable bonds is 3. The van der Waals surface area contributed by atoms with E-state index in [-0.39, 0.29) is 45.8 Å². The number of hydrogen-bond acceptors (Lipinski definition) is 7. The van der Waals surface area contributed by atoms with Crippen LogP contribution in [0.25, 0.3) is 11.2 Å². The quantitative estimate of drug-likeness (QED) is 0.788. The van der Waals surface area contributed by atoms with E-state index >= 15 is 0 Å². The number of aromatic nitrogens is 4. The van der Waals surface area contributed by atoms with Crippen molar-refractivity contribution in [3.63, 3.8) is 0 Å². The number of imidazole rings is 1. The maximum Gasteiger partial charge on any atom is 0.280 e. The fraction of sp³-hybridized carbons (Fsp3) is 0.762. The fourth-order valence-electron chi connectivity index (χ4n) is 5.24. The number of hydrogen-bond donors (Lipinski definition) is 2. The molecule has 4 atom stereocenters. The Morgan fingerprint density at radius 3 is 2.57 bits per heavy atom. The summed E-state index contributed by atoms with van der Waals surface area (Å²) in [5.41, 5.74) is 4.83. The van der Waals surface area contributed by atoms with Gasteiger partial charge in [0.05, 0.1) is 11.9 Å². The molecule has 9 nitrogen and oxygen atoms in total. The van der Waals surface area contributed by atoms with Gasteiger partial charge in [-0.1, -0.05) is 20.8 Å². The average Bonchev–Trinajstić information content (AvgIpc) is 3.06.